The standard InChI is InChI=1S/C38H43ClN8O4S/c1-22-23(2)52-37-33(22)34(26-14-16-27(39)17-15-26)43-29(36-45-44-25(4)47(36)37)20-31(48)40-18-9-7-5-6-8-10-19-41-32(49)21-46-24(3)42-35-28(38(50)51)12-11-13-30(35)46/h11-17,29H,5-10,18-21H2,1-4H3,(H,40,48)(H,41,49)(H,50,51)/t29-/m0/s1. The van der Waals surface area contributed by atoms with E-state index in [9.17, 15) is 19.5 Å². The van der Waals surface area contributed by atoms with Crippen LogP contribution in [0, 0.1) is 27.7 Å². The van der Waals surface area contributed by atoms with Crippen LogP contribution in [0.1, 0.15) is 100 Å². The summed E-state index contributed by atoms with van der Waals surface area (Å²) in [4.78, 5) is 48.1. The Morgan fingerprint density at radius 2 is 1.54 bits per heavy atom. The van der Waals surface area contributed by atoms with E-state index in [1.54, 1.807) is 35.0 Å². The van der Waals surface area contributed by atoms with Gasteiger partial charge in [-0.05, 0) is 70.4 Å². The van der Waals surface area contributed by atoms with Gasteiger partial charge in [0.2, 0.25) is 11.8 Å². The van der Waals surface area contributed by atoms with E-state index < -0.39 is 12.0 Å². The number of nitrogens with zero attached hydrogens (tertiary/aromatic N) is 6. The molecular formula is C38H43ClN8O4S. The Labute approximate surface area is 311 Å². The number of carbonyl (C=O) groups is 3. The average molecular weight is 743 g/mol. The van der Waals surface area contributed by atoms with Crippen molar-refractivity contribution in [2.75, 3.05) is 13.1 Å². The molecule has 0 radical (unpaired) electrons. The number of imidazole rings is 1. The fourth-order valence-electron chi connectivity index (χ4n) is 6.63. The summed E-state index contributed by atoms with van der Waals surface area (Å²) in [7, 11) is 0. The predicted octanol–water partition coefficient (Wildman–Crippen LogP) is 6.82. The van der Waals surface area contributed by atoms with E-state index in [1.165, 1.54) is 10.9 Å². The number of aromatic nitrogens is 5. The lowest BCUT2D eigenvalue weighted by Crippen LogP contribution is -2.28. The summed E-state index contributed by atoms with van der Waals surface area (Å²) in [6.45, 7) is 9.15. The maximum atomic E-state index is 13.2. The third-order valence-electron chi connectivity index (χ3n) is 9.49. The van der Waals surface area contributed by atoms with Crippen LogP contribution in [-0.2, 0) is 16.1 Å². The molecule has 0 aliphatic carbocycles. The van der Waals surface area contributed by atoms with E-state index in [2.05, 4.69) is 44.2 Å². The third-order valence-corrected chi connectivity index (χ3v) is 10.9. The molecule has 0 saturated heterocycles. The Bertz CT molecular complexity index is 2150. The van der Waals surface area contributed by atoms with Crippen molar-refractivity contribution >= 4 is 57.5 Å². The SMILES string of the molecule is Cc1sc2c(c1C)C(c1ccc(Cl)cc1)=N[C@@H](CC(=O)NCCCCCCCCNC(=O)Cn1c(C)nc3c(C(=O)O)cccc31)c1nnc(C)n1-2. The van der Waals surface area contributed by atoms with Crippen molar-refractivity contribution in [1.29, 1.82) is 0 Å². The number of aryl methyl sites for hydroxylation is 3. The highest BCUT2D eigenvalue weighted by Crippen LogP contribution is 2.39. The Balaban J connectivity index is 0.938. The molecule has 3 N–H and O–H groups in total. The first-order valence-corrected chi connectivity index (χ1v) is 18.8. The molecule has 5 aromatic rings. The van der Waals surface area contributed by atoms with Gasteiger partial charge in [0.25, 0.3) is 0 Å². The predicted molar refractivity (Wildman–Crippen MR) is 203 cm³/mol. The van der Waals surface area contributed by atoms with Crippen LogP contribution in [0.4, 0.5) is 0 Å². The van der Waals surface area contributed by atoms with Gasteiger partial charge in [0.15, 0.2) is 5.82 Å². The molecule has 2 amide bonds. The number of aromatic carboxylic acids is 1. The minimum Gasteiger partial charge on any atom is -0.478 e. The summed E-state index contributed by atoms with van der Waals surface area (Å²) in [5.74, 6) is 0.763. The van der Waals surface area contributed by atoms with Crippen LogP contribution in [0.3, 0.4) is 0 Å². The number of nitrogens with one attached hydrogen (secondary N) is 2. The number of carbonyl (C=O) groups excluding carboxylic acids is 2. The molecule has 1 aliphatic heterocycles. The van der Waals surface area contributed by atoms with E-state index in [-0.39, 0.29) is 30.3 Å². The summed E-state index contributed by atoms with van der Waals surface area (Å²) >= 11 is 7.90. The van der Waals surface area contributed by atoms with E-state index in [4.69, 9.17) is 16.6 Å². The number of amides is 2. The van der Waals surface area contributed by atoms with Crippen LogP contribution in [0.25, 0.3) is 16.0 Å². The fourth-order valence-corrected chi connectivity index (χ4v) is 7.97. The van der Waals surface area contributed by atoms with Crippen LogP contribution in [0.2, 0.25) is 5.02 Å². The summed E-state index contributed by atoms with van der Waals surface area (Å²) in [5.41, 5.74) is 5.10. The molecule has 2 aromatic carbocycles. The van der Waals surface area contributed by atoms with Crippen LogP contribution >= 0.6 is 22.9 Å². The molecule has 0 bridgehead atoms. The molecule has 14 heteroatoms. The smallest absolute Gasteiger partial charge is 0.337 e. The van der Waals surface area contributed by atoms with E-state index in [1.807, 2.05) is 31.2 Å². The van der Waals surface area contributed by atoms with Gasteiger partial charge in [0, 0.05) is 34.1 Å². The van der Waals surface area contributed by atoms with Crippen molar-refractivity contribution < 1.29 is 19.5 Å². The second-order valence-corrected chi connectivity index (χ2v) is 14.8. The lowest BCUT2D eigenvalue weighted by molar-refractivity contribution is -0.122. The van der Waals surface area contributed by atoms with Crippen LogP contribution in [0.5, 0.6) is 0 Å². The Morgan fingerprint density at radius 3 is 2.23 bits per heavy atom. The minimum atomic E-state index is -1.04. The van der Waals surface area contributed by atoms with Crippen LogP contribution in [0.15, 0.2) is 47.5 Å². The molecule has 3 aromatic heterocycles. The molecule has 0 fully saturated rings. The van der Waals surface area contributed by atoms with Gasteiger partial charge in [-0.15, -0.1) is 21.5 Å². The molecule has 12 nitrogen and oxygen atoms in total. The lowest BCUT2D eigenvalue weighted by atomic mass is 9.99. The van der Waals surface area contributed by atoms with Gasteiger partial charge in [-0.2, -0.15) is 0 Å². The molecule has 1 atom stereocenters. The highest BCUT2D eigenvalue weighted by molar-refractivity contribution is 7.15. The summed E-state index contributed by atoms with van der Waals surface area (Å²) < 4.78 is 3.79. The van der Waals surface area contributed by atoms with Crippen molar-refractivity contribution in [3.05, 3.63) is 92.1 Å². The first-order chi connectivity index (χ1) is 25.0. The molecule has 1 aliphatic rings. The molecule has 0 saturated carbocycles. The van der Waals surface area contributed by atoms with Gasteiger partial charge in [0.1, 0.15) is 34.8 Å². The van der Waals surface area contributed by atoms with Crippen molar-refractivity contribution in [2.45, 2.75) is 85.2 Å². The molecular weight excluding hydrogens is 700 g/mol. The number of halogens is 1. The number of para-hydroxylation sites is 1. The van der Waals surface area contributed by atoms with Crippen molar-refractivity contribution in [2.24, 2.45) is 4.99 Å². The Kier molecular flexibility index (Phi) is 11.5. The van der Waals surface area contributed by atoms with Crippen molar-refractivity contribution in [3.63, 3.8) is 0 Å². The maximum Gasteiger partial charge on any atom is 0.337 e. The van der Waals surface area contributed by atoms with Crippen molar-refractivity contribution in [3.8, 4) is 5.00 Å². The quantitative estimate of drug-likeness (QED) is 0.0994. The molecule has 272 valence electrons. The zero-order chi connectivity index (χ0) is 36.9. The highest BCUT2D eigenvalue weighted by Gasteiger charge is 2.32. The zero-order valence-electron chi connectivity index (χ0n) is 29.8. The van der Waals surface area contributed by atoms with Gasteiger partial charge < -0.3 is 20.3 Å². The molecule has 52 heavy (non-hydrogen) atoms. The van der Waals surface area contributed by atoms with E-state index in [0.29, 0.717) is 40.8 Å². The lowest BCUT2D eigenvalue weighted by Gasteiger charge is -2.13. The normalized spacial score (nSPS) is 13.7. The number of fused-ring (bicyclic) bond motifs is 4. The number of hydrogen-bond donors (Lipinski definition) is 3. The monoisotopic (exact) mass is 742 g/mol. The maximum absolute atomic E-state index is 13.2. The zero-order valence-corrected chi connectivity index (χ0v) is 31.4. The fraction of sp³-hybridized carbons (Fsp3) is 0.395. The number of benzene rings is 2. The molecule has 4 heterocycles. The number of carboxylic acids is 1. The van der Waals surface area contributed by atoms with Crippen LogP contribution in [-0.4, -0.2) is 66.0 Å². The number of aliphatic imine (C=N–C) groups is 1. The first kappa shape index (κ1) is 36.9. The van der Waals surface area contributed by atoms with E-state index >= 15 is 0 Å². The number of unbranched alkanes of at least 4 members (excludes halogenated alkanes) is 5. The van der Waals surface area contributed by atoms with Gasteiger partial charge >= 0.3 is 5.97 Å². The second-order valence-electron chi connectivity index (χ2n) is 13.2. The van der Waals surface area contributed by atoms with Crippen LogP contribution < -0.4 is 10.6 Å². The van der Waals surface area contributed by atoms with Gasteiger partial charge in [-0.3, -0.25) is 19.1 Å². The van der Waals surface area contributed by atoms with Gasteiger partial charge in [-0.25, -0.2) is 9.78 Å². The van der Waals surface area contributed by atoms with E-state index in [0.717, 1.165) is 71.8 Å². The minimum absolute atomic E-state index is 0.0773. The Morgan fingerprint density at radius 1 is 0.865 bits per heavy atom. The first-order valence-electron chi connectivity index (χ1n) is 17.6. The number of thiophene rings is 1. The van der Waals surface area contributed by atoms with Gasteiger partial charge in [0.05, 0.1) is 23.2 Å². The van der Waals surface area contributed by atoms with Gasteiger partial charge in [-0.1, -0.05) is 55.5 Å². The molecule has 0 spiro atoms. The third kappa shape index (κ3) is 7.95. The molecule has 6 rings (SSSR count). The number of hydrogen-bond acceptors (Lipinski definition) is 8. The topological polar surface area (TPSA) is 156 Å². The average Bonchev–Trinajstić information content (AvgIpc) is 3.72. The summed E-state index contributed by atoms with van der Waals surface area (Å²) in [6.07, 6.45) is 5.96. The number of carboxylic acid groups (broad SMARTS) is 1. The van der Waals surface area contributed by atoms with Crippen molar-refractivity contribution in [1.82, 2.24) is 34.9 Å². The second kappa shape index (κ2) is 16.2. The summed E-state index contributed by atoms with van der Waals surface area (Å²) in [5, 5.41) is 26.0. The number of rotatable bonds is 15. The largest absolute Gasteiger partial charge is 0.478 e. The molecule has 0 unspecified atom stereocenters. The highest BCUT2D eigenvalue weighted by atomic mass is 35.5. The summed E-state index contributed by atoms with van der Waals surface area (Å²) in [6, 6.07) is 12.1. The Hall–Kier alpha value is -4.88.